The van der Waals surface area contributed by atoms with Crippen molar-refractivity contribution in [2.45, 2.75) is 39.4 Å². The molecule has 0 saturated heterocycles. The van der Waals surface area contributed by atoms with E-state index in [0.29, 0.717) is 6.04 Å². The van der Waals surface area contributed by atoms with E-state index in [4.69, 9.17) is 0 Å². The second-order valence-corrected chi connectivity index (χ2v) is 5.39. The van der Waals surface area contributed by atoms with Gasteiger partial charge in [-0.1, -0.05) is 13.8 Å². The van der Waals surface area contributed by atoms with Crippen LogP contribution >= 0.6 is 11.3 Å². The summed E-state index contributed by atoms with van der Waals surface area (Å²) in [6.45, 7) is 6.38. The van der Waals surface area contributed by atoms with Crippen molar-refractivity contribution in [1.29, 1.82) is 0 Å². The largest absolute Gasteiger partial charge is 0.350 e. The Labute approximate surface area is 107 Å². The number of rotatable bonds is 6. The van der Waals surface area contributed by atoms with Crippen molar-refractivity contribution in [3.05, 3.63) is 46.4 Å². The van der Waals surface area contributed by atoms with Gasteiger partial charge in [-0.3, -0.25) is 0 Å². The van der Waals surface area contributed by atoms with Gasteiger partial charge in [0.2, 0.25) is 0 Å². The Kier molecular flexibility index (Phi) is 4.40. The topological polar surface area (TPSA) is 17.0 Å². The minimum absolute atomic E-state index is 0.537. The van der Waals surface area contributed by atoms with Gasteiger partial charge in [0.05, 0.1) is 0 Å². The third kappa shape index (κ3) is 3.72. The van der Waals surface area contributed by atoms with Gasteiger partial charge in [0, 0.05) is 31.0 Å². The van der Waals surface area contributed by atoms with Crippen LogP contribution in [0.4, 0.5) is 0 Å². The SMILES string of the molecule is CC(C)NCc1cccn1CCc1ccsc1. The lowest BCUT2D eigenvalue weighted by atomic mass is 10.2. The highest BCUT2D eigenvalue weighted by Gasteiger charge is 2.02. The fraction of sp³-hybridized carbons (Fsp3) is 0.429. The molecule has 3 heteroatoms. The van der Waals surface area contributed by atoms with Crippen LogP contribution in [0.3, 0.4) is 0 Å². The molecule has 0 unspecified atom stereocenters. The summed E-state index contributed by atoms with van der Waals surface area (Å²) >= 11 is 1.77. The van der Waals surface area contributed by atoms with E-state index >= 15 is 0 Å². The maximum atomic E-state index is 3.46. The summed E-state index contributed by atoms with van der Waals surface area (Å²) in [6, 6.07) is 7.07. The summed E-state index contributed by atoms with van der Waals surface area (Å²) in [7, 11) is 0. The molecule has 1 N–H and O–H groups in total. The Bertz CT molecular complexity index is 429. The quantitative estimate of drug-likeness (QED) is 0.830. The summed E-state index contributed by atoms with van der Waals surface area (Å²) in [4.78, 5) is 0. The van der Waals surface area contributed by atoms with Crippen LogP contribution in [-0.4, -0.2) is 10.6 Å². The molecule has 2 aromatic rings. The van der Waals surface area contributed by atoms with Crippen LogP contribution in [0, 0.1) is 0 Å². The number of nitrogens with zero attached hydrogens (tertiary/aromatic N) is 1. The molecule has 0 aromatic carbocycles. The Balaban J connectivity index is 1.90. The highest BCUT2D eigenvalue weighted by Crippen LogP contribution is 2.09. The van der Waals surface area contributed by atoms with Gasteiger partial charge in [0.1, 0.15) is 0 Å². The van der Waals surface area contributed by atoms with Crippen LogP contribution < -0.4 is 5.32 Å². The van der Waals surface area contributed by atoms with Gasteiger partial charge in [-0.05, 0) is 40.9 Å². The van der Waals surface area contributed by atoms with Crippen molar-refractivity contribution in [2.75, 3.05) is 0 Å². The van der Waals surface area contributed by atoms with Gasteiger partial charge in [-0.15, -0.1) is 0 Å². The Morgan fingerprint density at radius 3 is 2.94 bits per heavy atom. The lowest BCUT2D eigenvalue weighted by Crippen LogP contribution is -2.23. The number of nitrogens with one attached hydrogen (secondary N) is 1. The predicted molar refractivity (Wildman–Crippen MR) is 74.4 cm³/mol. The second kappa shape index (κ2) is 6.03. The maximum Gasteiger partial charge on any atom is 0.0361 e. The zero-order chi connectivity index (χ0) is 12.1. The molecule has 17 heavy (non-hydrogen) atoms. The third-order valence-electron chi connectivity index (χ3n) is 2.84. The van der Waals surface area contributed by atoms with Crippen molar-refractivity contribution in [1.82, 2.24) is 9.88 Å². The standard InChI is InChI=1S/C14H20N2S/c1-12(2)15-10-14-4-3-7-16(14)8-5-13-6-9-17-11-13/h3-4,6-7,9,11-12,15H,5,8,10H2,1-2H3. The molecule has 0 spiro atoms. The number of aryl methyl sites for hydroxylation is 2. The van der Waals surface area contributed by atoms with Crippen molar-refractivity contribution in [2.24, 2.45) is 0 Å². The second-order valence-electron chi connectivity index (χ2n) is 4.61. The Morgan fingerprint density at radius 1 is 1.35 bits per heavy atom. The van der Waals surface area contributed by atoms with Gasteiger partial charge < -0.3 is 9.88 Å². The molecule has 0 bridgehead atoms. The van der Waals surface area contributed by atoms with Crippen LogP contribution in [0.25, 0.3) is 0 Å². The van der Waals surface area contributed by atoms with Gasteiger partial charge in [0.25, 0.3) is 0 Å². The van der Waals surface area contributed by atoms with Gasteiger partial charge in [0.15, 0.2) is 0 Å². The lowest BCUT2D eigenvalue weighted by molar-refractivity contribution is 0.554. The molecule has 2 aromatic heterocycles. The van der Waals surface area contributed by atoms with Crippen molar-refractivity contribution < 1.29 is 0 Å². The molecule has 0 atom stereocenters. The predicted octanol–water partition coefficient (Wildman–Crippen LogP) is 3.29. The van der Waals surface area contributed by atoms with E-state index in [1.165, 1.54) is 11.3 Å². The third-order valence-corrected chi connectivity index (χ3v) is 3.57. The summed E-state index contributed by atoms with van der Waals surface area (Å²) in [5, 5.41) is 7.84. The average Bonchev–Trinajstić information content (AvgIpc) is 2.95. The first-order chi connectivity index (χ1) is 8.25. The molecule has 0 fully saturated rings. The molecular weight excluding hydrogens is 228 g/mol. The first-order valence-corrected chi connectivity index (χ1v) is 7.08. The molecule has 0 aliphatic rings. The summed E-state index contributed by atoms with van der Waals surface area (Å²) in [5.41, 5.74) is 2.81. The van der Waals surface area contributed by atoms with Crippen LogP contribution in [0.1, 0.15) is 25.1 Å². The fourth-order valence-electron chi connectivity index (χ4n) is 1.82. The highest BCUT2D eigenvalue weighted by molar-refractivity contribution is 7.07. The Morgan fingerprint density at radius 2 is 2.24 bits per heavy atom. The van der Waals surface area contributed by atoms with E-state index in [1.54, 1.807) is 11.3 Å². The first-order valence-electron chi connectivity index (χ1n) is 6.14. The smallest absolute Gasteiger partial charge is 0.0361 e. The minimum atomic E-state index is 0.537. The van der Waals surface area contributed by atoms with Crippen LogP contribution in [0.15, 0.2) is 35.2 Å². The number of hydrogen-bond acceptors (Lipinski definition) is 2. The van der Waals surface area contributed by atoms with Crippen LogP contribution in [0.5, 0.6) is 0 Å². The maximum absolute atomic E-state index is 3.46. The Hall–Kier alpha value is -1.06. The summed E-state index contributed by atoms with van der Waals surface area (Å²) in [5.74, 6) is 0. The number of aromatic nitrogens is 1. The monoisotopic (exact) mass is 248 g/mol. The van der Waals surface area contributed by atoms with E-state index in [-0.39, 0.29) is 0 Å². The lowest BCUT2D eigenvalue weighted by Gasteiger charge is -2.11. The summed E-state index contributed by atoms with van der Waals surface area (Å²) in [6.07, 6.45) is 3.29. The van der Waals surface area contributed by atoms with E-state index in [1.807, 2.05) is 0 Å². The molecule has 0 saturated carbocycles. The van der Waals surface area contributed by atoms with Gasteiger partial charge in [-0.2, -0.15) is 11.3 Å². The van der Waals surface area contributed by atoms with Gasteiger partial charge in [-0.25, -0.2) is 0 Å². The molecule has 2 heterocycles. The molecular formula is C14H20N2S. The van der Waals surface area contributed by atoms with Crippen LogP contribution in [-0.2, 0) is 19.5 Å². The van der Waals surface area contributed by atoms with Crippen molar-refractivity contribution >= 4 is 11.3 Å². The first kappa shape index (κ1) is 12.4. The minimum Gasteiger partial charge on any atom is -0.350 e. The normalized spacial score (nSPS) is 11.2. The van der Waals surface area contributed by atoms with Crippen LogP contribution in [0.2, 0.25) is 0 Å². The molecule has 0 amide bonds. The molecule has 0 aliphatic heterocycles. The van der Waals surface area contributed by atoms with Crippen molar-refractivity contribution in [3.63, 3.8) is 0 Å². The molecule has 2 rings (SSSR count). The highest BCUT2D eigenvalue weighted by atomic mass is 32.1. The number of hydrogen-bond donors (Lipinski definition) is 1. The molecule has 2 nitrogen and oxygen atoms in total. The van der Waals surface area contributed by atoms with E-state index in [0.717, 1.165) is 19.5 Å². The van der Waals surface area contributed by atoms with E-state index in [9.17, 15) is 0 Å². The molecule has 0 aliphatic carbocycles. The van der Waals surface area contributed by atoms with E-state index in [2.05, 4.69) is 58.9 Å². The number of thiophene rings is 1. The zero-order valence-corrected chi connectivity index (χ0v) is 11.3. The zero-order valence-electron chi connectivity index (χ0n) is 10.5. The van der Waals surface area contributed by atoms with Gasteiger partial charge >= 0.3 is 0 Å². The molecule has 92 valence electrons. The molecule has 0 radical (unpaired) electrons. The fourth-order valence-corrected chi connectivity index (χ4v) is 2.52. The average molecular weight is 248 g/mol. The van der Waals surface area contributed by atoms with Crippen molar-refractivity contribution in [3.8, 4) is 0 Å². The van der Waals surface area contributed by atoms with E-state index < -0.39 is 0 Å². The summed E-state index contributed by atoms with van der Waals surface area (Å²) < 4.78 is 2.34.